The number of aryl methyl sites for hydroxylation is 1. The summed E-state index contributed by atoms with van der Waals surface area (Å²) in [5, 5.41) is 19.8. The highest BCUT2D eigenvalue weighted by Gasteiger charge is 2.36. The number of rotatable bonds is 5. The average molecular weight is 315 g/mol. The molecule has 1 saturated carbocycles. The van der Waals surface area contributed by atoms with Crippen LogP contribution in [0.4, 0.5) is 5.82 Å². The minimum atomic E-state index is -0.276. The molecule has 122 valence electrons. The van der Waals surface area contributed by atoms with Crippen LogP contribution in [0.5, 0.6) is 0 Å². The molecule has 2 aromatic heterocycles. The van der Waals surface area contributed by atoms with Crippen LogP contribution in [-0.4, -0.2) is 38.9 Å². The van der Waals surface area contributed by atoms with Gasteiger partial charge in [-0.2, -0.15) is 5.10 Å². The van der Waals surface area contributed by atoms with Gasteiger partial charge < -0.3 is 15.7 Å². The number of amides is 1. The molecule has 0 bridgehead atoms. The summed E-state index contributed by atoms with van der Waals surface area (Å²) in [6.45, 7) is 0. The van der Waals surface area contributed by atoms with Gasteiger partial charge in [-0.05, 0) is 30.9 Å². The number of hydrogen-bond donors (Lipinski definition) is 3. The van der Waals surface area contributed by atoms with Crippen LogP contribution >= 0.6 is 0 Å². The molecule has 0 saturated heterocycles. The molecule has 2 heterocycles. The predicted molar refractivity (Wildman–Crippen MR) is 85.9 cm³/mol. The van der Waals surface area contributed by atoms with Crippen molar-refractivity contribution in [3.8, 4) is 0 Å². The fraction of sp³-hybridized carbons (Fsp3) is 0.438. The highest BCUT2D eigenvalue weighted by atomic mass is 16.3. The van der Waals surface area contributed by atoms with Crippen LogP contribution in [0.2, 0.25) is 0 Å². The minimum Gasteiger partial charge on any atom is -0.393 e. The van der Waals surface area contributed by atoms with Crippen molar-refractivity contribution in [2.75, 3.05) is 12.4 Å². The fourth-order valence-corrected chi connectivity index (χ4v) is 2.98. The molecule has 3 rings (SSSR count). The number of hydrogen-bond acceptors (Lipinski definition) is 5. The molecule has 1 aliphatic rings. The second kappa shape index (κ2) is 6.37. The lowest BCUT2D eigenvalue weighted by Crippen LogP contribution is -2.41. The Morgan fingerprint density at radius 2 is 2.26 bits per heavy atom. The Morgan fingerprint density at radius 1 is 1.48 bits per heavy atom. The SMILES string of the molecule is CNc1ncccc1C(=O)NC(c1cnn(C)c1)C1CC(O)C1. The van der Waals surface area contributed by atoms with Crippen molar-refractivity contribution < 1.29 is 9.90 Å². The van der Waals surface area contributed by atoms with Crippen molar-refractivity contribution in [2.24, 2.45) is 13.0 Å². The lowest BCUT2D eigenvalue weighted by Gasteiger charge is -2.37. The van der Waals surface area contributed by atoms with Gasteiger partial charge in [-0.3, -0.25) is 9.48 Å². The van der Waals surface area contributed by atoms with E-state index >= 15 is 0 Å². The first-order chi connectivity index (χ1) is 11.1. The summed E-state index contributed by atoms with van der Waals surface area (Å²) in [6, 6.07) is 3.32. The second-order valence-corrected chi connectivity index (χ2v) is 5.93. The van der Waals surface area contributed by atoms with E-state index in [0.717, 1.165) is 5.56 Å². The molecule has 1 unspecified atom stereocenters. The standard InChI is InChI=1S/C16H21N5O2/c1-17-15-13(4-3-5-18-15)16(23)20-14(10-6-12(22)7-10)11-8-19-21(2)9-11/h3-5,8-10,12,14,22H,6-7H2,1-2H3,(H,17,18)(H,20,23). The van der Waals surface area contributed by atoms with Gasteiger partial charge in [0.2, 0.25) is 0 Å². The van der Waals surface area contributed by atoms with Crippen molar-refractivity contribution in [1.29, 1.82) is 0 Å². The molecular weight excluding hydrogens is 294 g/mol. The summed E-state index contributed by atoms with van der Waals surface area (Å²) in [7, 11) is 3.58. The molecule has 0 aromatic carbocycles. The summed E-state index contributed by atoms with van der Waals surface area (Å²) in [6.07, 6.45) is 6.40. The van der Waals surface area contributed by atoms with E-state index in [1.165, 1.54) is 0 Å². The minimum absolute atomic E-state index is 0.162. The number of nitrogens with zero attached hydrogens (tertiary/aromatic N) is 3. The van der Waals surface area contributed by atoms with Gasteiger partial charge in [0.15, 0.2) is 0 Å². The van der Waals surface area contributed by atoms with Crippen LogP contribution in [-0.2, 0) is 7.05 Å². The van der Waals surface area contributed by atoms with Crippen molar-refractivity contribution in [3.05, 3.63) is 41.9 Å². The van der Waals surface area contributed by atoms with E-state index in [1.54, 1.807) is 36.3 Å². The summed E-state index contributed by atoms with van der Waals surface area (Å²) in [4.78, 5) is 16.8. The molecule has 0 radical (unpaired) electrons. The fourth-order valence-electron chi connectivity index (χ4n) is 2.98. The Hall–Kier alpha value is -2.41. The number of aliphatic hydroxyl groups excluding tert-OH is 1. The van der Waals surface area contributed by atoms with Crippen molar-refractivity contribution in [1.82, 2.24) is 20.1 Å². The third kappa shape index (κ3) is 3.19. The lowest BCUT2D eigenvalue weighted by atomic mass is 9.75. The smallest absolute Gasteiger partial charge is 0.255 e. The van der Waals surface area contributed by atoms with E-state index in [-0.39, 0.29) is 24.0 Å². The van der Waals surface area contributed by atoms with E-state index in [9.17, 15) is 9.90 Å². The highest BCUT2D eigenvalue weighted by molar-refractivity contribution is 5.98. The Labute approximate surface area is 134 Å². The Kier molecular flexibility index (Phi) is 4.29. The van der Waals surface area contributed by atoms with E-state index in [1.807, 2.05) is 13.2 Å². The number of pyridine rings is 1. The molecular formula is C16H21N5O2. The first kappa shape index (κ1) is 15.5. The second-order valence-electron chi connectivity index (χ2n) is 5.93. The van der Waals surface area contributed by atoms with Crippen molar-refractivity contribution in [3.63, 3.8) is 0 Å². The molecule has 1 aliphatic carbocycles. The predicted octanol–water partition coefficient (Wildman–Crippen LogP) is 1.10. The normalized spacial score (nSPS) is 21.3. The van der Waals surface area contributed by atoms with Crippen molar-refractivity contribution in [2.45, 2.75) is 25.0 Å². The Balaban J connectivity index is 1.82. The Bertz CT molecular complexity index is 693. The number of aromatic nitrogens is 3. The Morgan fingerprint density at radius 3 is 2.87 bits per heavy atom. The molecule has 3 N–H and O–H groups in total. The number of carbonyl (C=O) groups is 1. The van der Waals surface area contributed by atoms with E-state index in [4.69, 9.17) is 0 Å². The van der Waals surface area contributed by atoms with Crippen LogP contribution in [0, 0.1) is 5.92 Å². The molecule has 2 aromatic rings. The summed E-state index contributed by atoms with van der Waals surface area (Å²) >= 11 is 0. The number of nitrogens with one attached hydrogen (secondary N) is 2. The molecule has 1 fully saturated rings. The van der Waals surface area contributed by atoms with Gasteiger partial charge in [-0.15, -0.1) is 0 Å². The summed E-state index contributed by atoms with van der Waals surface area (Å²) < 4.78 is 1.71. The number of carbonyl (C=O) groups excluding carboxylic acids is 1. The van der Waals surface area contributed by atoms with Gasteiger partial charge in [0, 0.05) is 32.1 Å². The van der Waals surface area contributed by atoms with Crippen LogP contribution in [0.15, 0.2) is 30.7 Å². The van der Waals surface area contributed by atoms with Crippen LogP contribution in [0.1, 0.15) is 34.8 Å². The average Bonchev–Trinajstić information content (AvgIpc) is 2.96. The van der Waals surface area contributed by atoms with Gasteiger partial charge in [-0.25, -0.2) is 4.98 Å². The van der Waals surface area contributed by atoms with Gasteiger partial charge in [0.1, 0.15) is 5.82 Å². The van der Waals surface area contributed by atoms with Gasteiger partial charge in [0.05, 0.1) is 23.9 Å². The monoisotopic (exact) mass is 315 g/mol. The zero-order valence-electron chi connectivity index (χ0n) is 13.2. The maximum Gasteiger partial charge on any atom is 0.255 e. The first-order valence-corrected chi connectivity index (χ1v) is 7.68. The molecule has 23 heavy (non-hydrogen) atoms. The van der Waals surface area contributed by atoms with E-state index in [2.05, 4.69) is 20.7 Å². The van der Waals surface area contributed by atoms with Crippen LogP contribution < -0.4 is 10.6 Å². The molecule has 7 heteroatoms. The molecule has 1 amide bonds. The zero-order chi connectivity index (χ0) is 16.4. The van der Waals surface area contributed by atoms with Crippen LogP contribution in [0.3, 0.4) is 0 Å². The molecule has 0 spiro atoms. The van der Waals surface area contributed by atoms with Gasteiger partial charge in [-0.1, -0.05) is 0 Å². The van der Waals surface area contributed by atoms with Crippen molar-refractivity contribution >= 4 is 11.7 Å². The maximum atomic E-state index is 12.7. The van der Waals surface area contributed by atoms with E-state index < -0.39 is 0 Å². The molecule has 0 aliphatic heterocycles. The zero-order valence-corrected chi connectivity index (χ0v) is 13.2. The lowest BCUT2D eigenvalue weighted by molar-refractivity contribution is 0.0235. The molecule has 1 atom stereocenters. The first-order valence-electron chi connectivity index (χ1n) is 7.68. The largest absolute Gasteiger partial charge is 0.393 e. The maximum absolute atomic E-state index is 12.7. The number of anilines is 1. The van der Waals surface area contributed by atoms with Crippen LogP contribution in [0.25, 0.3) is 0 Å². The topological polar surface area (TPSA) is 92.1 Å². The number of aliphatic hydroxyl groups is 1. The van der Waals surface area contributed by atoms with E-state index in [0.29, 0.717) is 24.2 Å². The van der Waals surface area contributed by atoms with Gasteiger partial charge >= 0.3 is 0 Å². The van der Waals surface area contributed by atoms with Gasteiger partial charge in [0.25, 0.3) is 5.91 Å². The molecule has 7 nitrogen and oxygen atoms in total. The summed E-state index contributed by atoms with van der Waals surface area (Å²) in [5.74, 6) is 0.578. The third-order valence-corrected chi connectivity index (χ3v) is 4.28. The third-order valence-electron chi connectivity index (χ3n) is 4.28. The quantitative estimate of drug-likeness (QED) is 0.768. The highest BCUT2D eigenvalue weighted by Crippen LogP contribution is 2.38. The summed E-state index contributed by atoms with van der Waals surface area (Å²) in [5.41, 5.74) is 1.46.